The maximum atomic E-state index is 12.4. The van der Waals surface area contributed by atoms with Gasteiger partial charge in [0.2, 0.25) is 0 Å². The number of methoxy groups -OCH3 is 1. The Labute approximate surface area is 171 Å². The molecule has 7 heteroatoms. The summed E-state index contributed by atoms with van der Waals surface area (Å²) in [6.45, 7) is -0.0813. The van der Waals surface area contributed by atoms with Gasteiger partial charge < -0.3 is 14.3 Å². The maximum absolute atomic E-state index is 12.4. The highest BCUT2D eigenvalue weighted by Gasteiger charge is 2.45. The molecule has 1 aliphatic heterocycles. The fraction of sp³-hybridized carbons (Fsp3) is 0.333. The van der Waals surface area contributed by atoms with Gasteiger partial charge in [-0.3, -0.25) is 4.79 Å². The van der Waals surface area contributed by atoms with E-state index in [-0.39, 0.29) is 25.0 Å². The summed E-state index contributed by atoms with van der Waals surface area (Å²) in [7, 11) is 1.61. The topological polar surface area (TPSA) is 65.1 Å². The molecule has 146 valence electrons. The zero-order chi connectivity index (χ0) is 19.7. The number of hydroxylamine groups is 2. The largest absolute Gasteiger partial charge is 0.497 e. The third-order valence-corrected chi connectivity index (χ3v) is 5.59. The number of rotatable bonds is 5. The second kappa shape index (κ2) is 7.93. The molecule has 1 aliphatic carbocycles. The Balaban J connectivity index is 1.44. The van der Waals surface area contributed by atoms with Crippen LogP contribution in [-0.2, 0) is 32.0 Å². The van der Waals surface area contributed by atoms with Gasteiger partial charge in [-0.1, -0.05) is 34.1 Å². The van der Waals surface area contributed by atoms with Crippen LogP contribution in [0, 0.1) is 0 Å². The van der Waals surface area contributed by atoms with Crippen LogP contribution in [0.25, 0.3) is 0 Å². The number of nitrogens with zero attached hydrogens (tertiary/aromatic N) is 1. The van der Waals surface area contributed by atoms with Crippen molar-refractivity contribution in [3.8, 4) is 5.75 Å². The molecule has 28 heavy (non-hydrogen) atoms. The van der Waals surface area contributed by atoms with E-state index in [1.807, 2.05) is 42.5 Å². The Morgan fingerprint density at radius 1 is 1.25 bits per heavy atom. The highest BCUT2D eigenvalue weighted by atomic mass is 79.9. The second-order valence-corrected chi connectivity index (χ2v) is 7.79. The standard InChI is InChI=1S/C21H20BrNO5/c1-26-16-7-2-13(3-8-16)4-9-20(25)28-23-19(24)12-27-18-10-14-5-6-15(22)11-17(14)21(18)23/h2-3,5-8,11,18,21H,4,9-10,12H2,1H3/t18-,21+/m1/s1. The molecule has 0 aromatic heterocycles. The second-order valence-electron chi connectivity index (χ2n) is 6.87. The predicted molar refractivity (Wildman–Crippen MR) is 105 cm³/mol. The predicted octanol–water partition coefficient (Wildman–Crippen LogP) is 3.37. The molecule has 2 aromatic rings. The normalized spacial score (nSPS) is 20.5. The summed E-state index contributed by atoms with van der Waals surface area (Å²) >= 11 is 3.47. The third-order valence-electron chi connectivity index (χ3n) is 5.10. The van der Waals surface area contributed by atoms with E-state index in [2.05, 4.69) is 15.9 Å². The minimum absolute atomic E-state index is 0.0813. The lowest BCUT2D eigenvalue weighted by Crippen LogP contribution is -2.48. The average Bonchev–Trinajstić information content (AvgIpc) is 3.07. The third kappa shape index (κ3) is 3.77. The van der Waals surface area contributed by atoms with E-state index in [0.29, 0.717) is 12.8 Å². The van der Waals surface area contributed by atoms with E-state index in [0.717, 1.165) is 26.9 Å². The molecule has 2 aromatic carbocycles. The van der Waals surface area contributed by atoms with E-state index >= 15 is 0 Å². The molecule has 1 heterocycles. The molecule has 0 radical (unpaired) electrons. The first-order valence-electron chi connectivity index (χ1n) is 9.11. The summed E-state index contributed by atoms with van der Waals surface area (Å²) in [5.74, 6) is -0.0116. The van der Waals surface area contributed by atoms with Gasteiger partial charge in [0.1, 0.15) is 18.4 Å². The molecule has 4 rings (SSSR count). The van der Waals surface area contributed by atoms with Crippen molar-refractivity contribution in [1.29, 1.82) is 0 Å². The first-order valence-corrected chi connectivity index (χ1v) is 9.90. The van der Waals surface area contributed by atoms with Gasteiger partial charge in [0.15, 0.2) is 0 Å². The SMILES string of the molecule is COc1ccc(CCC(=O)ON2C(=O)CO[C@@H]3Cc4ccc(Br)cc4[C@@H]32)cc1. The molecule has 0 unspecified atom stereocenters. The quantitative estimate of drug-likeness (QED) is 0.705. The highest BCUT2D eigenvalue weighted by molar-refractivity contribution is 9.10. The molecule has 1 fully saturated rings. The Morgan fingerprint density at radius 2 is 2.04 bits per heavy atom. The molecule has 2 atom stereocenters. The van der Waals surface area contributed by atoms with Crippen molar-refractivity contribution in [2.75, 3.05) is 13.7 Å². The number of morpholine rings is 1. The molecule has 0 saturated carbocycles. The molecule has 0 bridgehead atoms. The van der Waals surface area contributed by atoms with Crippen molar-refractivity contribution < 1.29 is 23.9 Å². The van der Waals surface area contributed by atoms with Crippen LogP contribution in [0.5, 0.6) is 5.75 Å². The summed E-state index contributed by atoms with van der Waals surface area (Å²) in [5.41, 5.74) is 3.06. The van der Waals surface area contributed by atoms with Crippen LogP contribution in [0.3, 0.4) is 0 Å². The fourth-order valence-electron chi connectivity index (χ4n) is 3.68. The number of halogens is 1. The van der Waals surface area contributed by atoms with Crippen LogP contribution in [0.15, 0.2) is 46.9 Å². The smallest absolute Gasteiger partial charge is 0.332 e. The lowest BCUT2D eigenvalue weighted by molar-refractivity contribution is -0.233. The molecule has 2 aliphatic rings. The Morgan fingerprint density at radius 3 is 2.79 bits per heavy atom. The average molecular weight is 446 g/mol. The van der Waals surface area contributed by atoms with Gasteiger partial charge in [0.05, 0.1) is 19.6 Å². The van der Waals surface area contributed by atoms with Gasteiger partial charge in [-0.25, -0.2) is 4.79 Å². The zero-order valence-electron chi connectivity index (χ0n) is 15.4. The maximum Gasteiger partial charge on any atom is 0.332 e. The van der Waals surface area contributed by atoms with E-state index in [1.54, 1.807) is 7.11 Å². The number of fused-ring (bicyclic) bond motifs is 3. The number of aryl methyl sites for hydroxylation is 1. The van der Waals surface area contributed by atoms with Crippen molar-refractivity contribution in [1.82, 2.24) is 5.06 Å². The van der Waals surface area contributed by atoms with Crippen LogP contribution in [-0.4, -0.2) is 36.8 Å². The van der Waals surface area contributed by atoms with Crippen molar-refractivity contribution in [2.45, 2.75) is 31.4 Å². The molecule has 1 amide bonds. The van der Waals surface area contributed by atoms with Crippen LogP contribution >= 0.6 is 15.9 Å². The number of benzene rings is 2. The summed E-state index contributed by atoms with van der Waals surface area (Å²) in [5, 5.41) is 1.21. The van der Waals surface area contributed by atoms with E-state index in [4.69, 9.17) is 14.3 Å². The lowest BCUT2D eigenvalue weighted by Gasteiger charge is -2.35. The van der Waals surface area contributed by atoms with Crippen LogP contribution in [0.2, 0.25) is 0 Å². The van der Waals surface area contributed by atoms with Crippen LogP contribution in [0.1, 0.15) is 29.2 Å². The van der Waals surface area contributed by atoms with Crippen molar-refractivity contribution in [3.63, 3.8) is 0 Å². The Kier molecular flexibility index (Phi) is 5.37. The number of hydrogen-bond acceptors (Lipinski definition) is 5. The van der Waals surface area contributed by atoms with Gasteiger partial charge in [0, 0.05) is 10.9 Å². The first-order chi connectivity index (χ1) is 13.5. The molecule has 0 N–H and O–H groups in total. The van der Waals surface area contributed by atoms with Crippen LogP contribution < -0.4 is 4.74 Å². The van der Waals surface area contributed by atoms with Crippen molar-refractivity contribution in [2.24, 2.45) is 0 Å². The van der Waals surface area contributed by atoms with Gasteiger partial charge in [-0.2, -0.15) is 5.06 Å². The summed E-state index contributed by atoms with van der Waals surface area (Å²) in [4.78, 5) is 30.3. The van der Waals surface area contributed by atoms with Gasteiger partial charge in [-0.15, -0.1) is 0 Å². The molecular weight excluding hydrogens is 426 g/mol. The summed E-state index contributed by atoms with van der Waals surface area (Å²) in [6.07, 6.45) is 1.20. The number of carbonyl (C=O) groups is 2. The molecule has 1 saturated heterocycles. The first kappa shape index (κ1) is 19.0. The summed E-state index contributed by atoms with van der Waals surface area (Å²) < 4.78 is 11.7. The molecular formula is C21H20BrNO5. The number of amides is 1. The van der Waals surface area contributed by atoms with E-state index < -0.39 is 12.0 Å². The Hall–Kier alpha value is -2.38. The Bertz CT molecular complexity index is 898. The van der Waals surface area contributed by atoms with Gasteiger partial charge in [0.25, 0.3) is 5.91 Å². The monoisotopic (exact) mass is 445 g/mol. The molecule has 6 nitrogen and oxygen atoms in total. The van der Waals surface area contributed by atoms with Crippen LogP contribution in [0.4, 0.5) is 0 Å². The van der Waals surface area contributed by atoms with E-state index in [9.17, 15) is 9.59 Å². The highest BCUT2D eigenvalue weighted by Crippen LogP contribution is 2.41. The number of ether oxygens (including phenoxy) is 2. The van der Waals surface area contributed by atoms with Crippen molar-refractivity contribution in [3.05, 3.63) is 63.6 Å². The van der Waals surface area contributed by atoms with Crippen molar-refractivity contribution >= 4 is 27.8 Å². The van der Waals surface area contributed by atoms with Gasteiger partial charge >= 0.3 is 5.97 Å². The lowest BCUT2D eigenvalue weighted by atomic mass is 10.1. The molecule has 0 spiro atoms. The summed E-state index contributed by atoms with van der Waals surface area (Å²) in [6, 6.07) is 13.0. The zero-order valence-corrected chi connectivity index (χ0v) is 17.0. The minimum Gasteiger partial charge on any atom is -0.497 e. The fourth-order valence-corrected chi connectivity index (χ4v) is 4.06. The minimum atomic E-state index is -0.437. The number of hydrogen-bond donors (Lipinski definition) is 0. The number of carbonyl (C=O) groups excluding carboxylic acids is 2. The van der Waals surface area contributed by atoms with E-state index in [1.165, 1.54) is 5.06 Å². The van der Waals surface area contributed by atoms with Gasteiger partial charge in [-0.05, 0) is 47.4 Å².